The Hall–Kier alpha value is -1.59. The van der Waals surface area contributed by atoms with Gasteiger partial charge in [0, 0.05) is 25.0 Å². The summed E-state index contributed by atoms with van der Waals surface area (Å²) in [4.78, 5) is 4.70. The van der Waals surface area contributed by atoms with E-state index in [1.165, 1.54) is 0 Å². The van der Waals surface area contributed by atoms with Crippen LogP contribution in [0.5, 0.6) is 0 Å². The average molecular weight is 308 g/mol. The van der Waals surface area contributed by atoms with Gasteiger partial charge in [0.25, 0.3) is 0 Å². The molecule has 1 aromatic heterocycles. The molecule has 0 aliphatic carbocycles. The van der Waals surface area contributed by atoms with Crippen LogP contribution in [0, 0.1) is 5.92 Å². The summed E-state index contributed by atoms with van der Waals surface area (Å²) >= 11 is 0. The molecule has 0 bridgehead atoms. The number of aryl methyl sites for hydroxylation is 1. The van der Waals surface area contributed by atoms with Crippen LogP contribution in [0.15, 0.2) is 11.3 Å². The maximum atomic E-state index is 4.70. The van der Waals surface area contributed by atoms with E-state index in [2.05, 4.69) is 66.9 Å². The Morgan fingerprint density at radius 3 is 2.55 bits per heavy atom. The molecule has 0 aliphatic rings. The standard InChI is InChI=1S/C16H32N6/c1-7-13(5)19-16(20-14(6)12(3)4)17-9-10-22-11-18-21-15(22)8-2/h11-14H,7-10H2,1-6H3,(H2,17,19,20). The maximum Gasteiger partial charge on any atom is 0.191 e. The fourth-order valence-corrected chi connectivity index (χ4v) is 1.86. The van der Waals surface area contributed by atoms with Gasteiger partial charge in [-0.15, -0.1) is 10.2 Å². The third-order valence-corrected chi connectivity index (χ3v) is 3.98. The van der Waals surface area contributed by atoms with E-state index in [9.17, 15) is 0 Å². The lowest BCUT2D eigenvalue weighted by molar-refractivity contribution is 0.474. The summed E-state index contributed by atoms with van der Waals surface area (Å²) in [5.74, 6) is 2.46. The molecule has 2 unspecified atom stereocenters. The van der Waals surface area contributed by atoms with Crippen LogP contribution in [-0.2, 0) is 13.0 Å². The van der Waals surface area contributed by atoms with Crippen LogP contribution in [0.3, 0.4) is 0 Å². The second kappa shape index (κ2) is 9.43. The van der Waals surface area contributed by atoms with E-state index < -0.39 is 0 Å². The van der Waals surface area contributed by atoms with E-state index in [1.807, 2.05) is 0 Å². The van der Waals surface area contributed by atoms with Gasteiger partial charge in [-0.05, 0) is 26.2 Å². The first kappa shape index (κ1) is 18.5. The number of guanidine groups is 1. The van der Waals surface area contributed by atoms with Crippen LogP contribution < -0.4 is 10.6 Å². The topological polar surface area (TPSA) is 67.1 Å². The largest absolute Gasteiger partial charge is 0.354 e. The predicted octanol–water partition coefficient (Wildman–Crippen LogP) is 2.22. The monoisotopic (exact) mass is 308 g/mol. The Balaban J connectivity index is 2.64. The molecule has 0 spiro atoms. The molecule has 0 fully saturated rings. The van der Waals surface area contributed by atoms with Crippen LogP contribution in [0.1, 0.15) is 53.8 Å². The van der Waals surface area contributed by atoms with Crippen LogP contribution in [0.2, 0.25) is 0 Å². The number of hydrogen-bond acceptors (Lipinski definition) is 3. The highest BCUT2D eigenvalue weighted by Crippen LogP contribution is 2.00. The van der Waals surface area contributed by atoms with Gasteiger partial charge in [-0.1, -0.05) is 27.7 Å². The molecule has 1 rings (SSSR count). The first-order chi connectivity index (χ1) is 10.5. The van der Waals surface area contributed by atoms with Crippen molar-refractivity contribution in [2.75, 3.05) is 6.54 Å². The van der Waals surface area contributed by atoms with Crippen molar-refractivity contribution >= 4 is 5.96 Å². The van der Waals surface area contributed by atoms with Crippen molar-refractivity contribution in [3.8, 4) is 0 Å². The Morgan fingerprint density at radius 2 is 1.95 bits per heavy atom. The summed E-state index contributed by atoms with van der Waals surface area (Å²) in [6, 6.07) is 0.795. The summed E-state index contributed by atoms with van der Waals surface area (Å²) in [5.41, 5.74) is 0. The molecule has 0 aliphatic heterocycles. The summed E-state index contributed by atoms with van der Waals surface area (Å²) < 4.78 is 2.07. The van der Waals surface area contributed by atoms with E-state index in [1.54, 1.807) is 6.33 Å². The Morgan fingerprint density at radius 1 is 1.23 bits per heavy atom. The molecule has 0 saturated heterocycles. The second-order valence-corrected chi connectivity index (χ2v) is 6.16. The number of hydrogen-bond donors (Lipinski definition) is 2. The van der Waals surface area contributed by atoms with E-state index in [0.29, 0.717) is 24.5 Å². The molecule has 0 amide bonds. The number of aromatic nitrogens is 3. The highest BCUT2D eigenvalue weighted by molar-refractivity contribution is 5.80. The van der Waals surface area contributed by atoms with Gasteiger partial charge in [-0.25, -0.2) is 0 Å². The zero-order valence-electron chi connectivity index (χ0n) is 14.9. The zero-order chi connectivity index (χ0) is 16.5. The van der Waals surface area contributed by atoms with Crippen molar-refractivity contribution in [2.24, 2.45) is 10.9 Å². The maximum absolute atomic E-state index is 4.70. The lowest BCUT2D eigenvalue weighted by Gasteiger charge is -2.23. The van der Waals surface area contributed by atoms with Gasteiger partial charge in [0.15, 0.2) is 5.96 Å². The molecule has 1 aromatic rings. The summed E-state index contributed by atoms with van der Waals surface area (Å²) in [7, 11) is 0. The normalized spacial score (nSPS) is 15.0. The molecule has 0 saturated carbocycles. The van der Waals surface area contributed by atoms with E-state index in [4.69, 9.17) is 4.99 Å². The van der Waals surface area contributed by atoms with Gasteiger partial charge in [0.2, 0.25) is 0 Å². The first-order valence-corrected chi connectivity index (χ1v) is 8.42. The number of rotatable bonds is 8. The van der Waals surface area contributed by atoms with Crippen molar-refractivity contribution in [2.45, 2.75) is 73.0 Å². The number of nitrogens with zero attached hydrogens (tertiary/aromatic N) is 4. The predicted molar refractivity (Wildman–Crippen MR) is 92.0 cm³/mol. The quantitative estimate of drug-likeness (QED) is 0.571. The molecular formula is C16H32N6. The van der Waals surface area contributed by atoms with Crippen LogP contribution in [0.25, 0.3) is 0 Å². The Bertz CT molecular complexity index is 451. The average Bonchev–Trinajstić information content (AvgIpc) is 2.94. The molecule has 0 aromatic carbocycles. The third-order valence-electron chi connectivity index (χ3n) is 3.98. The highest BCUT2D eigenvalue weighted by atomic mass is 15.3. The van der Waals surface area contributed by atoms with Gasteiger partial charge in [0.1, 0.15) is 12.2 Å². The highest BCUT2D eigenvalue weighted by Gasteiger charge is 2.11. The van der Waals surface area contributed by atoms with Crippen LogP contribution in [0.4, 0.5) is 0 Å². The summed E-state index contributed by atoms with van der Waals surface area (Å²) in [6.45, 7) is 14.6. The molecule has 2 N–H and O–H groups in total. The van der Waals surface area contributed by atoms with Gasteiger partial charge in [-0.3, -0.25) is 4.99 Å². The van der Waals surface area contributed by atoms with Crippen molar-refractivity contribution in [1.29, 1.82) is 0 Å². The molecule has 2 atom stereocenters. The lowest BCUT2D eigenvalue weighted by Crippen LogP contribution is -2.47. The minimum Gasteiger partial charge on any atom is -0.354 e. The SMILES string of the molecule is CCc1nncn1CCN=C(NC(C)CC)NC(C)C(C)C. The molecular weight excluding hydrogens is 276 g/mol. The molecule has 1 heterocycles. The fourth-order valence-electron chi connectivity index (χ4n) is 1.86. The lowest BCUT2D eigenvalue weighted by atomic mass is 10.1. The molecule has 22 heavy (non-hydrogen) atoms. The van der Waals surface area contributed by atoms with Gasteiger partial charge < -0.3 is 15.2 Å². The first-order valence-electron chi connectivity index (χ1n) is 8.42. The Kier molecular flexibility index (Phi) is 7.91. The van der Waals surface area contributed by atoms with Gasteiger partial charge >= 0.3 is 0 Å². The summed E-state index contributed by atoms with van der Waals surface area (Å²) in [5, 5.41) is 15.0. The van der Waals surface area contributed by atoms with Crippen molar-refractivity contribution in [1.82, 2.24) is 25.4 Å². The zero-order valence-corrected chi connectivity index (χ0v) is 14.9. The van der Waals surface area contributed by atoms with Gasteiger partial charge in [-0.2, -0.15) is 0 Å². The molecule has 126 valence electrons. The molecule has 6 heteroatoms. The smallest absolute Gasteiger partial charge is 0.191 e. The molecule has 0 radical (unpaired) electrons. The summed E-state index contributed by atoms with van der Waals surface area (Å²) in [6.07, 6.45) is 3.74. The van der Waals surface area contributed by atoms with E-state index >= 15 is 0 Å². The minimum absolute atomic E-state index is 0.386. The number of aliphatic imine (C=N–C) groups is 1. The molecule has 6 nitrogen and oxygen atoms in total. The minimum atomic E-state index is 0.386. The third kappa shape index (κ3) is 6.03. The van der Waals surface area contributed by atoms with Crippen molar-refractivity contribution < 1.29 is 0 Å². The number of nitrogens with one attached hydrogen (secondary N) is 2. The fraction of sp³-hybridized carbons (Fsp3) is 0.812. The van der Waals surface area contributed by atoms with Gasteiger partial charge in [0.05, 0.1) is 6.54 Å². The van der Waals surface area contributed by atoms with E-state index in [0.717, 1.165) is 31.2 Å². The van der Waals surface area contributed by atoms with Crippen molar-refractivity contribution in [3.63, 3.8) is 0 Å². The Labute approximate surface area is 134 Å². The second-order valence-electron chi connectivity index (χ2n) is 6.16. The van der Waals surface area contributed by atoms with E-state index in [-0.39, 0.29) is 0 Å². The van der Waals surface area contributed by atoms with Crippen molar-refractivity contribution in [3.05, 3.63) is 12.2 Å². The van der Waals surface area contributed by atoms with Crippen LogP contribution in [-0.4, -0.2) is 39.4 Å². The van der Waals surface area contributed by atoms with Crippen LogP contribution >= 0.6 is 0 Å².